The number of hydrogen-bond acceptors (Lipinski definition) is 5. The monoisotopic (exact) mass is 465 g/mol. The van der Waals surface area contributed by atoms with Crippen LogP contribution in [0.25, 0.3) is 0 Å². The molecule has 2 heterocycles. The predicted molar refractivity (Wildman–Crippen MR) is 125 cm³/mol. The summed E-state index contributed by atoms with van der Waals surface area (Å²) in [5.41, 5.74) is 3.78. The zero-order chi connectivity index (χ0) is 23.2. The van der Waals surface area contributed by atoms with Crippen molar-refractivity contribution in [1.82, 2.24) is 9.21 Å². The van der Waals surface area contributed by atoms with Crippen LogP contribution in [0.5, 0.6) is 11.5 Å². The average molecular weight is 466 g/mol. The Kier molecular flexibility index (Phi) is 5.42. The molecule has 33 heavy (non-hydrogen) atoms. The summed E-state index contributed by atoms with van der Waals surface area (Å²) in [6, 6.07) is 17.0. The van der Waals surface area contributed by atoms with E-state index >= 15 is 0 Å². The van der Waals surface area contributed by atoms with Gasteiger partial charge in [0.25, 0.3) is 0 Å². The minimum Gasteiger partial charge on any atom is -0.454 e. The SMILES string of the molecule is Cc1ccc2c(c1)Oc1ccc(C)cc1C(N1CCN(S(=O)(=O)c3cccc(F)c3)CC1)=N2. The molecule has 0 saturated carbocycles. The lowest BCUT2D eigenvalue weighted by Gasteiger charge is -2.36. The molecule has 2 aliphatic heterocycles. The third-order valence-corrected chi connectivity index (χ3v) is 7.80. The number of nitrogens with zero attached hydrogens (tertiary/aromatic N) is 3. The van der Waals surface area contributed by atoms with E-state index in [1.165, 1.54) is 22.5 Å². The van der Waals surface area contributed by atoms with Gasteiger partial charge < -0.3 is 9.64 Å². The van der Waals surface area contributed by atoms with Gasteiger partial charge in [0.05, 0.1) is 10.5 Å². The summed E-state index contributed by atoms with van der Waals surface area (Å²) >= 11 is 0. The first-order chi connectivity index (χ1) is 15.8. The Hall–Kier alpha value is -3.23. The Morgan fingerprint density at radius 1 is 0.879 bits per heavy atom. The first kappa shape index (κ1) is 21.6. The van der Waals surface area contributed by atoms with Gasteiger partial charge >= 0.3 is 0 Å². The van der Waals surface area contributed by atoms with E-state index in [1.54, 1.807) is 0 Å². The van der Waals surface area contributed by atoms with Crippen molar-refractivity contribution in [3.63, 3.8) is 0 Å². The summed E-state index contributed by atoms with van der Waals surface area (Å²) in [5, 5.41) is 0. The number of benzene rings is 3. The van der Waals surface area contributed by atoms with Gasteiger partial charge in [0, 0.05) is 26.2 Å². The van der Waals surface area contributed by atoms with Crippen molar-refractivity contribution in [2.75, 3.05) is 26.2 Å². The lowest BCUT2D eigenvalue weighted by molar-refractivity contribution is 0.266. The number of hydrogen-bond donors (Lipinski definition) is 0. The molecule has 170 valence electrons. The van der Waals surface area contributed by atoms with Gasteiger partial charge in [-0.05, 0) is 61.9 Å². The van der Waals surface area contributed by atoms with Gasteiger partial charge in [-0.1, -0.05) is 23.8 Å². The minimum atomic E-state index is -3.76. The number of aliphatic imine (C=N–C) groups is 1. The van der Waals surface area contributed by atoms with Crippen LogP contribution in [0, 0.1) is 19.7 Å². The van der Waals surface area contributed by atoms with Gasteiger partial charge in [0.2, 0.25) is 10.0 Å². The highest BCUT2D eigenvalue weighted by molar-refractivity contribution is 7.89. The highest BCUT2D eigenvalue weighted by atomic mass is 32.2. The minimum absolute atomic E-state index is 0.0265. The molecule has 1 saturated heterocycles. The van der Waals surface area contributed by atoms with Gasteiger partial charge in [0.1, 0.15) is 23.1 Å². The van der Waals surface area contributed by atoms with Gasteiger partial charge in [-0.3, -0.25) is 0 Å². The topological polar surface area (TPSA) is 62.2 Å². The maximum atomic E-state index is 13.6. The van der Waals surface area contributed by atoms with Gasteiger partial charge in [-0.25, -0.2) is 17.8 Å². The van der Waals surface area contributed by atoms with Crippen molar-refractivity contribution in [3.8, 4) is 11.5 Å². The normalized spacial score (nSPS) is 16.3. The van der Waals surface area contributed by atoms with E-state index in [1.807, 2.05) is 50.2 Å². The number of amidine groups is 1. The molecule has 0 amide bonds. The highest BCUT2D eigenvalue weighted by Gasteiger charge is 2.31. The van der Waals surface area contributed by atoms with Crippen molar-refractivity contribution in [2.45, 2.75) is 18.7 Å². The molecular formula is C25H24FN3O3S. The van der Waals surface area contributed by atoms with Crippen molar-refractivity contribution in [3.05, 3.63) is 83.2 Å². The molecule has 0 aromatic heterocycles. The van der Waals surface area contributed by atoms with E-state index in [2.05, 4.69) is 4.90 Å². The van der Waals surface area contributed by atoms with E-state index in [4.69, 9.17) is 9.73 Å². The van der Waals surface area contributed by atoms with Crippen LogP contribution >= 0.6 is 0 Å². The summed E-state index contributed by atoms with van der Waals surface area (Å²) in [4.78, 5) is 7.01. The average Bonchev–Trinajstić information content (AvgIpc) is 2.95. The van der Waals surface area contributed by atoms with E-state index in [9.17, 15) is 12.8 Å². The molecule has 3 aromatic carbocycles. The lowest BCUT2D eigenvalue weighted by Crippen LogP contribution is -2.50. The van der Waals surface area contributed by atoms with E-state index in [-0.39, 0.29) is 18.0 Å². The number of rotatable bonds is 2. The molecule has 1 fully saturated rings. The van der Waals surface area contributed by atoms with Crippen LogP contribution in [0.2, 0.25) is 0 Å². The standard InChI is InChI=1S/C25H24FN3O3S/c1-17-7-9-23-21(14-17)25(27-22-8-6-18(2)15-24(22)32-23)28-10-12-29(13-11-28)33(30,31)20-5-3-4-19(26)16-20/h3-9,14-16H,10-13H2,1-2H3. The summed E-state index contributed by atoms with van der Waals surface area (Å²) in [6.07, 6.45) is 0. The zero-order valence-corrected chi connectivity index (χ0v) is 19.3. The number of piperazine rings is 1. The smallest absolute Gasteiger partial charge is 0.243 e. The molecule has 8 heteroatoms. The number of fused-ring (bicyclic) bond motifs is 2. The van der Waals surface area contributed by atoms with E-state index in [0.717, 1.165) is 40.0 Å². The van der Waals surface area contributed by atoms with Crippen LogP contribution in [0.3, 0.4) is 0 Å². The second-order valence-electron chi connectivity index (χ2n) is 8.36. The molecule has 0 aliphatic carbocycles. The number of halogens is 1. The quantitative estimate of drug-likeness (QED) is 0.554. The maximum absolute atomic E-state index is 13.6. The van der Waals surface area contributed by atoms with Crippen LogP contribution in [0.4, 0.5) is 10.1 Å². The van der Waals surface area contributed by atoms with E-state index in [0.29, 0.717) is 18.8 Å². The molecule has 0 N–H and O–H groups in total. The first-order valence-electron chi connectivity index (χ1n) is 10.8. The number of ether oxygens (including phenoxy) is 1. The molecule has 6 nitrogen and oxygen atoms in total. The highest BCUT2D eigenvalue weighted by Crippen LogP contribution is 2.39. The number of sulfonamides is 1. The van der Waals surface area contributed by atoms with Crippen molar-refractivity contribution >= 4 is 21.5 Å². The van der Waals surface area contributed by atoms with Crippen LogP contribution in [-0.4, -0.2) is 49.6 Å². The molecule has 5 rings (SSSR count). The fourth-order valence-corrected chi connectivity index (χ4v) is 5.61. The molecular weight excluding hydrogens is 441 g/mol. The molecule has 3 aromatic rings. The predicted octanol–water partition coefficient (Wildman–Crippen LogP) is 4.63. The largest absolute Gasteiger partial charge is 0.454 e. The zero-order valence-electron chi connectivity index (χ0n) is 18.5. The van der Waals surface area contributed by atoms with E-state index < -0.39 is 15.8 Å². The van der Waals surface area contributed by atoms with Crippen LogP contribution in [0.15, 0.2) is 70.6 Å². The molecule has 0 radical (unpaired) electrons. The fraction of sp³-hybridized carbons (Fsp3) is 0.240. The Morgan fingerprint density at radius 2 is 1.61 bits per heavy atom. The molecule has 0 atom stereocenters. The van der Waals surface area contributed by atoms with Crippen LogP contribution < -0.4 is 4.74 Å². The van der Waals surface area contributed by atoms with Gasteiger partial charge in [-0.2, -0.15) is 4.31 Å². The Bertz CT molecular complexity index is 1360. The summed E-state index contributed by atoms with van der Waals surface area (Å²) in [7, 11) is -3.76. The Labute approximate surface area is 193 Å². The van der Waals surface area contributed by atoms with Crippen molar-refractivity contribution in [1.29, 1.82) is 0 Å². The van der Waals surface area contributed by atoms with Crippen molar-refractivity contribution < 1.29 is 17.5 Å². The van der Waals surface area contributed by atoms with Crippen molar-refractivity contribution in [2.24, 2.45) is 4.99 Å². The molecule has 0 bridgehead atoms. The van der Waals surface area contributed by atoms with Crippen LogP contribution in [-0.2, 0) is 10.0 Å². The Balaban J connectivity index is 1.46. The molecule has 0 spiro atoms. The second-order valence-corrected chi connectivity index (χ2v) is 10.3. The first-order valence-corrected chi connectivity index (χ1v) is 12.2. The summed E-state index contributed by atoms with van der Waals surface area (Å²) in [6.45, 7) is 5.50. The third-order valence-electron chi connectivity index (χ3n) is 5.91. The lowest BCUT2D eigenvalue weighted by atomic mass is 10.1. The Morgan fingerprint density at radius 3 is 2.36 bits per heavy atom. The summed E-state index contributed by atoms with van der Waals surface area (Å²) in [5.74, 6) is 1.61. The number of aryl methyl sites for hydroxylation is 2. The fourth-order valence-electron chi connectivity index (χ4n) is 4.15. The van der Waals surface area contributed by atoms with Gasteiger partial charge in [0.15, 0.2) is 5.75 Å². The van der Waals surface area contributed by atoms with Gasteiger partial charge in [-0.15, -0.1) is 0 Å². The maximum Gasteiger partial charge on any atom is 0.243 e. The summed E-state index contributed by atoms with van der Waals surface area (Å²) < 4.78 is 47.2. The molecule has 0 unspecified atom stereocenters. The second kappa shape index (κ2) is 8.28. The van der Waals surface area contributed by atoms with Crippen LogP contribution in [0.1, 0.15) is 16.7 Å². The molecule has 2 aliphatic rings. The third kappa shape index (κ3) is 4.12.